The number of nitrogens with zero attached hydrogens (tertiary/aromatic N) is 1. The Balaban J connectivity index is 2.63. The summed E-state index contributed by atoms with van der Waals surface area (Å²) in [5, 5.41) is 5.69. The van der Waals surface area contributed by atoms with E-state index < -0.39 is 0 Å². The molecule has 0 radical (unpaired) electrons. The van der Waals surface area contributed by atoms with Gasteiger partial charge in [0.25, 0.3) is 0 Å². The maximum Gasteiger partial charge on any atom is 0.236 e. The first-order valence-electron chi connectivity index (χ1n) is 5.53. The van der Waals surface area contributed by atoms with Gasteiger partial charge in [-0.1, -0.05) is 0 Å². The lowest BCUT2D eigenvalue weighted by atomic mass is 10.2. The number of hydrogen-bond acceptors (Lipinski definition) is 4. The van der Waals surface area contributed by atoms with Gasteiger partial charge < -0.3 is 15.4 Å². The number of hydrogen-bond donors (Lipinski definition) is 2. The highest BCUT2D eigenvalue weighted by molar-refractivity contribution is 5.80. The van der Waals surface area contributed by atoms with Crippen molar-refractivity contribution < 1.29 is 9.53 Å². The molecular formula is C12H19N3O2. The average molecular weight is 237 g/mol. The maximum absolute atomic E-state index is 11.3. The molecule has 0 aliphatic heterocycles. The largest absolute Gasteiger partial charge is 0.497 e. The monoisotopic (exact) mass is 237 g/mol. The molecule has 0 aromatic carbocycles. The highest BCUT2D eigenvalue weighted by atomic mass is 16.5. The molecule has 1 heterocycles. The molecule has 1 aromatic heterocycles. The van der Waals surface area contributed by atoms with Crippen molar-refractivity contribution in [1.82, 2.24) is 15.6 Å². The van der Waals surface area contributed by atoms with Gasteiger partial charge in [-0.15, -0.1) is 0 Å². The molecule has 5 heteroatoms. The summed E-state index contributed by atoms with van der Waals surface area (Å²) in [5.41, 5.74) is 1.76. The lowest BCUT2D eigenvalue weighted by Gasteiger charge is -2.12. The summed E-state index contributed by atoms with van der Waals surface area (Å²) in [6, 6.07) is 3.48. The molecule has 5 nitrogen and oxygen atoms in total. The molecule has 1 aromatic rings. The van der Waals surface area contributed by atoms with Gasteiger partial charge in [-0.3, -0.25) is 9.78 Å². The fraction of sp³-hybridized carbons (Fsp3) is 0.500. The van der Waals surface area contributed by atoms with Gasteiger partial charge in [0.2, 0.25) is 5.91 Å². The molecule has 1 rings (SSSR count). The van der Waals surface area contributed by atoms with Crippen molar-refractivity contribution in [2.24, 2.45) is 0 Å². The minimum Gasteiger partial charge on any atom is -0.497 e. The van der Waals surface area contributed by atoms with Crippen LogP contribution in [0.15, 0.2) is 12.1 Å². The van der Waals surface area contributed by atoms with E-state index in [2.05, 4.69) is 15.6 Å². The lowest BCUT2D eigenvalue weighted by Crippen LogP contribution is -2.40. The van der Waals surface area contributed by atoms with Gasteiger partial charge in [-0.2, -0.15) is 0 Å². The van der Waals surface area contributed by atoms with Crippen LogP contribution in [0.2, 0.25) is 0 Å². The molecule has 1 atom stereocenters. The van der Waals surface area contributed by atoms with Crippen molar-refractivity contribution in [3.05, 3.63) is 23.5 Å². The molecule has 1 amide bonds. The van der Waals surface area contributed by atoms with Crippen LogP contribution >= 0.6 is 0 Å². The molecule has 0 saturated heterocycles. The summed E-state index contributed by atoms with van der Waals surface area (Å²) < 4.78 is 5.16. The molecule has 17 heavy (non-hydrogen) atoms. The van der Waals surface area contributed by atoms with E-state index in [0.29, 0.717) is 6.54 Å². The van der Waals surface area contributed by atoms with Gasteiger partial charge in [0.05, 0.1) is 18.8 Å². The quantitative estimate of drug-likeness (QED) is 0.788. The first-order chi connectivity index (χ1) is 8.06. The molecule has 0 fully saturated rings. The van der Waals surface area contributed by atoms with Crippen molar-refractivity contribution in [2.45, 2.75) is 26.4 Å². The van der Waals surface area contributed by atoms with Crippen molar-refractivity contribution in [2.75, 3.05) is 14.2 Å². The van der Waals surface area contributed by atoms with Crippen LogP contribution in [0.3, 0.4) is 0 Å². The number of aryl methyl sites for hydroxylation is 1. The predicted octanol–water partition coefficient (Wildman–Crippen LogP) is 0.623. The number of nitrogens with one attached hydrogen (secondary N) is 2. The SMILES string of the molecule is CNC(=O)C(C)NCc1cc(OC)cc(C)n1. The van der Waals surface area contributed by atoms with Crippen LogP contribution in [0.5, 0.6) is 5.75 Å². The number of carbonyl (C=O) groups is 1. The fourth-order valence-electron chi connectivity index (χ4n) is 1.48. The number of methoxy groups -OCH3 is 1. The van der Waals surface area contributed by atoms with Crippen molar-refractivity contribution in [3.63, 3.8) is 0 Å². The minimum atomic E-state index is -0.242. The van der Waals surface area contributed by atoms with E-state index in [1.165, 1.54) is 0 Å². The smallest absolute Gasteiger partial charge is 0.236 e. The summed E-state index contributed by atoms with van der Waals surface area (Å²) in [4.78, 5) is 15.7. The van der Waals surface area contributed by atoms with Gasteiger partial charge in [0.1, 0.15) is 5.75 Å². The highest BCUT2D eigenvalue weighted by Crippen LogP contribution is 2.13. The Labute approximate surface area is 102 Å². The molecule has 0 aliphatic carbocycles. The van der Waals surface area contributed by atoms with Crippen molar-refractivity contribution >= 4 is 5.91 Å². The normalized spacial score (nSPS) is 12.0. The average Bonchev–Trinajstić information content (AvgIpc) is 2.34. The molecule has 0 bridgehead atoms. The van der Waals surface area contributed by atoms with Crippen LogP contribution in [0.25, 0.3) is 0 Å². The molecular weight excluding hydrogens is 218 g/mol. The van der Waals surface area contributed by atoms with Crippen molar-refractivity contribution in [3.8, 4) is 5.75 Å². The van der Waals surface area contributed by atoms with Crippen LogP contribution in [0.4, 0.5) is 0 Å². The van der Waals surface area contributed by atoms with Crippen LogP contribution < -0.4 is 15.4 Å². The summed E-state index contributed by atoms with van der Waals surface area (Å²) >= 11 is 0. The van der Waals surface area contributed by atoms with E-state index in [1.807, 2.05) is 26.0 Å². The summed E-state index contributed by atoms with van der Waals surface area (Å²) in [5.74, 6) is 0.742. The number of pyridine rings is 1. The second-order valence-electron chi connectivity index (χ2n) is 3.86. The Morgan fingerprint density at radius 2 is 2.24 bits per heavy atom. The summed E-state index contributed by atoms with van der Waals surface area (Å²) in [6.45, 7) is 4.26. The minimum absolute atomic E-state index is 0.0374. The zero-order valence-corrected chi connectivity index (χ0v) is 10.7. The van der Waals surface area contributed by atoms with E-state index in [-0.39, 0.29) is 11.9 Å². The van der Waals surface area contributed by atoms with Gasteiger partial charge >= 0.3 is 0 Å². The zero-order valence-electron chi connectivity index (χ0n) is 10.7. The van der Waals surface area contributed by atoms with Crippen LogP contribution in [0.1, 0.15) is 18.3 Å². The Morgan fingerprint density at radius 3 is 2.82 bits per heavy atom. The second kappa shape index (κ2) is 6.20. The van der Waals surface area contributed by atoms with E-state index in [9.17, 15) is 4.79 Å². The summed E-state index contributed by atoms with van der Waals surface area (Å²) in [7, 11) is 3.24. The fourth-order valence-corrected chi connectivity index (χ4v) is 1.48. The van der Waals surface area contributed by atoms with E-state index in [1.54, 1.807) is 14.2 Å². The number of aromatic nitrogens is 1. The Bertz CT molecular complexity index is 393. The number of carbonyl (C=O) groups excluding carboxylic acids is 1. The van der Waals surface area contributed by atoms with Crippen molar-refractivity contribution in [1.29, 1.82) is 0 Å². The molecule has 1 unspecified atom stereocenters. The Hall–Kier alpha value is -1.62. The number of rotatable bonds is 5. The Kier molecular flexibility index (Phi) is 4.90. The standard InChI is InChI=1S/C12H19N3O2/c1-8-5-11(17-4)6-10(15-8)7-14-9(2)12(16)13-3/h5-6,9,14H,7H2,1-4H3,(H,13,16). The predicted molar refractivity (Wildman–Crippen MR) is 65.9 cm³/mol. The van der Waals surface area contributed by atoms with Gasteiger partial charge in [-0.25, -0.2) is 0 Å². The Morgan fingerprint density at radius 1 is 1.53 bits per heavy atom. The zero-order chi connectivity index (χ0) is 12.8. The van der Waals surface area contributed by atoms with Crippen LogP contribution in [-0.4, -0.2) is 31.1 Å². The first kappa shape index (κ1) is 13.4. The topological polar surface area (TPSA) is 63.2 Å². The number of likely N-dealkylation sites (N-methyl/N-ethyl adjacent to an activating group) is 1. The highest BCUT2D eigenvalue weighted by Gasteiger charge is 2.10. The lowest BCUT2D eigenvalue weighted by molar-refractivity contribution is -0.122. The molecule has 94 valence electrons. The van der Waals surface area contributed by atoms with Gasteiger partial charge in [-0.05, 0) is 13.8 Å². The van der Waals surface area contributed by atoms with E-state index in [4.69, 9.17) is 4.74 Å². The maximum atomic E-state index is 11.3. The number of amides is 1. The molecule has 0 spiro atoms. The van der Waals surface area contributed by atoms with Crippen LogP contribution in [0, 0.1) is 6.92 Å². The van der Waals surface area contributed by atoms with Gasteiger partial charge in [0, 0.05) is 31.4 Å². The van der Waals surface area contributed by atoms with E-state index >= 15 is 0 Å². The molecule has 2 N–H and O–H groups in total. The van der Waals surface area contributed by atoms with Crippen LogP contribution in [-0.2, 0) is 11.3 Å². The van der Waals surface area contributed by atoms with Gasteiger partial charge in [0.15, 0.2) is 0 Å². The summed E-state index contributed by atoms with van der Waals surface area (Å²) in [6.07, 6.45) is 0. The third kappa shape index (κ3) is 4.03. The molecule has 0 saturated carbocycles. The molecule has 0 aliphatic rings. The second-order valence-corrected chi connectivity index (χ2v) is 3.86. The van der Waals surface area contributed by atoms with E-state index in [0.717, 1.165) is 17.1 Å². The number of ether oxygens (including phenoxy) is 1. The third-order valence-corrected chi connectivity index (χ3v) is 2.44. The first-order valence-corrected chi connectivity index (χ1v) is 5.53. The third-order valence-electron chi connectivity index (χ3n) is 2.44.